The van der Waals surface area contributed by atoms with Gasteiger partial charge >= 0.3 is 5.97 Å². The standard InChI is InChI=1S/C27H21FN2O5/c28-21-10-3-4-11-22(21)29-12-14-30(15-13-29)23(31)16-35-27(34)20-9-5-8-19-24(20)26(33)18-7-2-1-6-17(18)25(19)32/h1-11H,12-16H2. The van der Waals surface area contributed by atoms with Gasteiger partial charge in [0, 0.05) is 48.4 Å². The molecule has 176 valence electrons. The van der Waals surface area contributed by atoms with E-state index in [0.29, 0.717) is 37.4 Å². The average Bonchev–Trinajstić information content (AvgIpc) is 2.90. The highest BCUT2D eigenvalue weighted by Crippen LogP contribution is 2.30. The minimum Gasteiger partial charge on any atom is -0.452 e. The van der Waals surface area contributed by atoms with E-state index < -0.39 is 18.4 Å². The highest BCUT2D eigenvalue weighted by atomic mass is 19.1. The topological polar surface area (TPSA) is 84.0 Å². The lowest BCUT2D eigenvalue weighted by molar-refractivity contribution is -0.134. The summed E-state index contributed by atoms with van der Waals surface area (Å²) in [5, 5.41) is 0. The number of esters is 1. The second-order valence-electron chi connectivity index (χ2n) is 8.33. The van der Waals surface area contributed by atoms with Crippen molar-refractivity contribution < 1.29 is 28.3 Å². The Morgan fingerprint density at radius 1 is 0.771 bits per heavy atom. The molecule has 7 nitrogen and oxygen atoms in total. The van der Waals surface area contributed by atoms with Crippen molar-refractivity contribution >= 4 is 29.1 Å². The summed E-state index contributed by atoms with van der Waals surface area (Å²) in [7, 11) is 0. The predicted octanol–water partition coefficient (Wildman–Crippen LogP) is 3.11. The summed E-state index contributed by atoms with van der Waals surface area (Å²) in [6.45, 7) is 1.11. The molecule has 3 aromatic carbocycles. The zero-order valence-corrected chi connectivity index (χ0v) is 18.7. The highest BCUT2D eigenvalue weighted by molar-refractivity contribution is 6.30. The number of fused-ring (bicyclic) bond motifs is 2. The lowest BCUT2D eigenvalue weighted by Crippen LogP contribution is -2.50. The smallest absolute Gasteiger partial charge is 0.339 e. The maximum Gasteiger partial charge on any atom is 0.339 e. The molecular formula is C27H21FN2O5. The summed E-state index contributed by atoms with van der Waals surface area (Å²) >= 11 is 0. The molecule has 5 rings (SSSR count). The molecule has 1 amide bonds. The first-order valence-electron chi connectivity index (χ1n) is 11.2. The van der Waals surface area contributed by atoms with Crippen molar-refractivity contribution in [3.8, 4) is 0 Å². The summed E-state index contributed by atoms with van der Waals surface area (Å²) < 4.78 is 19.3. The van der Waals surface area contributed by atoms with Gasteiger partial charge in [0.25, 0.3) is 5.91 Å². The van der Waals surface area contributed by atoms with Crippen LogP contribution in [0.4, 0.5) is 10.1 Å². The number of piperazine rings is 1. The molecule has 0 radical (unpaired) electrons. The summed E-state index contributed by atoms with van der Waals surface area (Å²) in [6, 6.07) is 17.4. The van der Waals surface area contributed by atoms with E-state index in [2.05, 4.69) is 0 Å². The van der Waals surface area contributed by atoms with Crippen LogP contribution in [0.5, 0.6) is 0 Å². The number of carbonyl (C=O) groups is 4. The molecule has 1 aliphatic heterocycles. The van der Waals surface area contributed by atoms with Gasteiger partial charge in [-0.3, -0.25) is 14.4 Å². The summed E-state index contributed by atoms with van der Waals surface area (Å²) in [5.74, 6) is -2.32. The molecule has 0 unspecified atom stereocenters. The summed E-state index contributed by atoms with van der Waals surface area (Å²) in [6.07, 6.45) is 0. The number of carbonyl (C=O) groups excluding carboxylic acids is 4. The van der Waals surface area contributed by atoms with Gasteiger partial charge in [0.2, 0.25) is 0 Å². The predicted molar refractivity (Wildman–Crippen MR) is 125 cm³/mol. The molecule has 0 atom stereocenters. The number of hydrogen-bond donors (Lipinski definition) is 0. The third-order valence-electron chi connectivity index (χ3n) is 6.32. The van der Waals surface area contributed by atoms with Gasteiger partial charge in [0.05, 0.1) is 11.3 Å². The fourth-order valence-electron chi connectivity index (χ4n) is 4.52. The molecule has 8 heteroatoms. The van der Waals surface area contributed by atoms with Crippen molar-refractivity contribution in [2.75, 3.05) is 37.7 Å². The molecule has 0 aromatic heterocycles. The SMILES string of the molecule is O=C(OCC(=O)N1CCN(c2ccccc2F)CC1)c1cccc2c1C(=O)c1ccccc1C2=O. The van der Waals surface area contributed by atoms with E-state index in [9.17, 15) is 23.6 Å². The lowest BCUT2D eigenvalue weighted by Gasteiger charge is -2.36. The molecule has 1 fully saturated rings. The Hall–Kier alpha value is -4.33. The highest BCUT2D eigenvalue weighted by Gasteiger charge is 2.33. The van der Waals surface area contributed by atoms with Gasteiger partial charge in [-0.1, -0.05) is 48.5 Å². The van der Waals surface area contributed by atoms with Crippen molar-refractivity contribution in [2.24, 2.45) is 0 Å². The largest absolute Gasteiger partial charge is 0.452 e. The Bertz CT molecular complexity index is 1360. The number of ketones is 2. The van der Waals surface area contributed by atoms with Gasteiger partial charge in [-0.2, -0.15) is 0 Å². The van der Waals surface area contributed by atoms with E-state index in [4.69, 9.17) is 4.74 Å². The number of hydrogen-bond acceptors (Lipinski definition) is 6. The number of nitrogens with zero attached hydrogens (tertiary/aromatic N) is 2. The first-order valence-corrected chi connectivity index (χ1v) is 11.2. The van der Waals surface area contributed by atoms with Crippen molar-refractivity contribution in [3.63, 3.8) is 0 Å². The molecule has 2 aliphatic rings. The molecule has 0 N–H and O–H groups in total. The van der Waals surface area contributed by atoms with Crippen LogP contribution < -0.4 is 4.90 Å². The van der Waals surface area contributed by atoms with Crippen LogP contribution in [0, 0.1) is 5.82 Å². The monoisotopic (exact) mass is 472 g/mol. The van der Waals surface area contributed by atoms with Crippen LogP contribution in [0.1, 0.15) is 42.2 Å². The minimum atomic E-state index is -0.847. The first kappa shape index (κ1) is 22.5. The normalized spacial score (nSPS) is 14.9. The van der Waals surface area contributed by atoms with Crippen molar-refractivity contribution in [3.05, 3.63) is 100 Å². The number of halogens is 1. The first-order chi connectivity index (χ1) is 17.0. The fourth-order valence-corrected chi connectivity index (χ4v) is 4.52. The van der Waals surface area contributed by atoms with Crippen molar-refractivity contribution in [1.29, 1.82) is 0 Å². The van der Waals surface area contributed by atoms with Crippen LogP contribution in [-0.4, -0.2) is 61.1 Å². The Balaban J connectivity index is 1.25. The number of anilines is 1. The fraction of sp³-hybridized carbons (Fsp3) is 0.185. The van der Waals surface area contributed by atoms with E-state index in [1.54, 1.807) is 47.4 Å². The number of para-hydroxylation sites is 1. The van der Waals surface area contributed by atoms with E-state index in [1.165, 1.54) is 24.3 Å². The van der Waals surface area contributed by atoms with Crippen LogP contribution in [0.25, 0.3) is 0 Å². The Morgan fingerprint density at radius 2 is 1.40 bits per heavy atom. The molecule has 1 saturated heterocycles. The molecule has 35 heavy (non-hydrogen) atoms. The van der Waals surface area contributed by atoms with Gasteiger partial charge in [0.1, 0.15) is 5.82 Å². The molecule has 3 aromatic rings. The van der Waals surface area contributed by atoms with Crippen LogP contribution in [0.2, 0.25) is 0 Å². The molecule has 0 spiro atoms. The maximum absolute atomic E-state index is 14.0. The third-order valence-corrected chi connectivity index (χ3v) is 6.32. The molecule has 0 bridgehead atoms. The summed E-state index contributed by atoms with van der Waals surface area (Å²) in [5.41, 5.74) is 1.09. The van der Waals surface area contributed by atoms with Crippen LogP contribution >= 0.6 is 0 Å². The van der Waals surface area contributed by atoms with E-state index in [1.807, 2.05) is 4.90 Å². The lowest BCUT2D eigenvalue weighted by atomic mass is 9.82. The number of amides is 1. The number of rotatable bonds is 4. The Kier molecular flexibility index (Phi) is 5.86. The van der Waals surface area contributed by atoms with Gasteiger partial charge in [0.15, 0.2) is 18.2 Å². The van der Waals surface area contributed by atoms with E-state index in [0.717, 1.165) is 0 Å². The quantitative estimate of drug-likeness (QED) is 0.425. The Labute approximate surface area is 200 Å². The van der Waals surface area contributed by atoms with E-state index in [-0.39, 0.29) is 39.8 Å². The van der Waals surface area contributed by atoms with Gasteiger partial charge in [-0.05, 0) is 18.2 Å². The zero-order valence-electron chi connectivity index (χ0n) is 18.7. The van der Waals surface area contributed by atoms with Gasteiger partial charge in [-0.15, -0.1) is 0 Å². The zero-order chi connectivity index (χ0) is 24.5. The van der Waals surface area contributed by atoms with Crippen LogP contribution in [-0.2, 0) is 9.53 Å². The van der Waals surface area contributed by atoms with Crippen LogP contribution in [0.15, 0.2) is 66.7 Å². The second kappa shape index (κ2) is 9.13. The molecule has 1 aliphatic carbocycles. The molecule has 0 saturated carbocycles. The second-order valence-corrected chi connectivity index (χ2v) is 8.33. The summed E-state index contributed by atoms with van der Waals surface area (Å²) in [4.78, 5) is 54.8. The van der Waals surface area contributed by atoms with Gasteiger partial charge < -0.3 is 14.5 Å². The number of benzene rings is 3. The third kappa shape index (κ3) is 4.07. The number of ether oxygens (including phenoxy) is 1. The van der Waals surface area contributed by atoms with Gasteiger partial charge in [-0.25, -0.2) is 9.18 Å². The maximum atomic E-state index is 14.0. The molecule has 1 heterocycles. The molecular weight excluding hydrogens is 451 g/mol. The van der Waals surface area contributed by atoms with Crippen molar-refractivity contribution in [2.45, 2.75) is 0 Å². The Morgan fingerprint density at radius 3 is 2.11 bits per heavy atom. The van der Waals surface area contributed by atoms with E-state index >= 15 is 0 Å². The van der Waals surface area contributed by atoms with Crippen molar-refractivity contribution in [1.82, 2.24) is 4.90 Å². The minimum absolute atomic E-state index is 0.00727. The average molecular weight is 472 g/mol. The van der Waals surface area contributed by atoms with Crippen LogP contribution in [0.3, 0.4) is 0 Å².